The van der Waals surface area contributed by atoms with Gasteiger partial charge in [0, 0.05) is 25.8 Å². The van der Waals surface area contributed by atoms with Crippen molar-refractivity contribution in [1.82, 2.24) is 20.1 Å². The lowest BCUT2D eigenvalue weighted by atomic mass is 10.2. The van der Waals surface area contributed by atoms with Gasteiger partial charge in [0.25, 0.3) is 0 Å². The van der Waals surface area contributed by atoms with Crippen LogP contribution in [0.1, 0.15) is 13.3 Å². The Labute approximate surface area is 160 Å². The smallest absolute Gasteiger partial charge is 0.318 e. The molecular formula is C16H20ClN5O3S. The van der Waals surface area contributed by atoms with Crippen LogP contribution in [0.3, 0.4) is 0 Å². The quantitative estimate of drug-likeness (QED) is 0.522. The summed E-state index contributed by atoms with van der Waals surface area (Å²) in [6, 6.07) is 6.45. The minimum Gasteiger partial charge on any atom is -0.385 e. The number of nitrogens with one attached hydrogen (secondary N) is 1. The molecule has 1 aromatic heterocycles. The van der Waals surface area contributed by atoms with Gasteiger partial charge in [0.1, 0.15) is 0 Å². The number of nitrogens with zero attached hydrogens (tertiary/aromatic N) is 3. The van der Waals surface area contributed by atoms with Gasteiger partial charge in [-0.1, -0.05) is 35.5 Å². The van der Waals surface area contributed by atoms with Gasteiger partial charge in [0.2, 0.25) is 5.91 Å². The van der Waals surface area contributed by atoms with Crippen molar-refractivity contribution in [2.45, 2.75) is 30.3 Å². The lowest BCUT2D eigenvalue weighted by Gasteiger charge is -2.13. The zero-order valence-electron chi connectivity index (χ0n) is 14.4. The van der Waals surface area contributed by atoms with E-state index in [-0.39, 0.29) is 0 Å². The highest BCUT2D eigenvalue weighted by Crippen LogP contribution is 2.30. The van der Waals surface area contributed by atoms with Gasteiger partial charge in [0.15, 0.2) is 11.0 Å². The van der Waals surface area contributed by atoms with E-state index in [9.17, 15) is 9.59 Å². The molecule has 0 spiro atoms. The maximum atomic E-state index is 11.9. The summed E-state index contributed by atoms with van der Waals surface area (Å²) in [5.41, 5.74) is 5.74. The Morgan fingerprint density at radius 2 is 2.12 bits per heavy atom. The summed E-state index contributed by atoms with van der Waals surface area (Å²) >= 11 is 7.47. The van der Waals surface area contributed by atoms with Gasteiger partial charge in [-0.3, -0.25) is 10.1 Å². The van der Waals surface area contributed by atoms with Crippen LogP contribution < -0.4 is 11.1 Å². The van der Waals surface area contributed by atoms with Gasteiger partial charge < -0.3 is 15.0 Å². The van der Waals surface area contributed by atoms with E-state index in [0.717, 1.165) is 12.0 Å². The Hall–Kier alpha value is -2.10. The maximum Gasteiger partial charge on any atom is 0.318 e. The highest BCUT2D eigenvalue weighted by molar-refractivity contribution is 8.00. The van der Waals surface area contributed by atoms with Crippen LogP contribution in [-0.4, -0.2) is 45.7 Å². The SMILES string of the molecule is COCCCn1c(S[C@H](C)C(=O)NC(N)=O)nnc1-c1ccccc1Cl. The van der Waals surface area contributed by atoms with Gasteiger partial charge in [0.05, 0.1) is 10.3 Å². The molecule has 0 radical (unpaired) electrons. The summed E-state index contributed by atoms with van der Waals surface area (Å²) in [4.78, 5) is 22.8. The van der Waals surface area contributed by atoms with E-state index in [0.29, 0.717) is 29.2 Å². The monoisotopic (exact) mass is 397 g/mol. The second-order valence-electron chi connectivity index (χ2n) is 5.40. The number of imide groups is 1. The average Bonchev–Trinajstić information content (AvgIpc) is 2.97. The predicted molar refractivity (Wildman–Crippen MR) is 100 cm³/mol. The van der Waals surface area contributed by atoms with E-state index in [1.807, 2.05) is 22.8 Å². The molecule has 0 aliphatic carbocycles. The van der Waals surface area contributed by atoms with Gasteiger partial charge in [-0.2, -0.15) is 0 Å². The Bertz CT molecular complexity index is 783. The fraction of sp³-hybridized carbons (Fsp3) is 0.375. The topological polar surface area (TPSA) is 112 Å². The molecule has 3 N–H and O–H groups in total. The summed E-state index contributed by atoms with van der Waals surface area (Å²) < 4.78 is 7.00. The van der Waals surface area contributed by atoms with Crippen molar-refractivity contribution in [3.8, 4) is 11.4 Å². The fourth-order valence-corrected chi connectivity index (χ4v) is 3.32. The molecule has 1 heterocycles. The molecule has 0 fully saturated rings. The van der Waals surface area contributed by atoms with E-state index in [4.69, 9.17) is 22.1 Å². The third kappa shape index (κ3) is 5.20. The van der Waals surface area contributed by atoms with Crippen LogP contribution in [0.2, 0.25) is 5.02 Å². The molecule has 26 heavy (non-hydrogen) atoms. The number of hydrogen-bond acceptors (Lipinski definition) is 6. The Kier molecular flexibility index (Phi) is 7.43. The largest absolute Gasteiger partial charge is 0.385 e. The number of aromatic nitrogens is 3. The Morgan fingerprint density at radius 1 is 1.38 bits per heavy atom. The molecule has 0 unspecified atom stereocenters. The average molecular weight is 398 g/mol. The van der Waals surface area contributed by atoms with Crippen molar-refractivity contribution < 1.29 is 14.3 Å². The number of nitrogens with two attached hydrogens (primary N) is 1. The number of benzene rings is 1. The van der Waals surface area contributed by atoms with E-state index in [1.54, 1.807) is 20.1 Å². The number of methoxy groups -OCH3 is 1. The number of ether oxygens (including phenoxy) is 1. The third-order valence-electron chi connectivity index (χ3n) is 3.46. The Morgan fingerprint density at radius 3 is 2.77 bits per heavy atom. The van der Waals surface area contributed by atoms with Crippen molar-refractivity contribution in [3.05, 3.63) is 29.3 Å². The minimum absolute atomic E-state index is 0.492. The first-order valence-electron chi connectivity index (χ1n) is 7.88. The molecule has 0 saturated heterocycles. The molecule has 3 amide bonds. The molecule has 0 saturated carbocycles. The van der Waals surface area contributed by atoms with Crippen LogP contribution in [0.5, 0.6) is 0 Å². The number of hydrogen-bond donors (Lipinski definition) is 2. The summed E-state index contributed by atoms with van der Waals surface area (Å²) in [6.45, 7) is 2.82. The number of carbonyl (C=O) groups is 2. The highest BCUT2D eigenvalue weighted by Gasteiger charge is 2.22. The fourth-order valence-electron chi connectivity index (χ4n) is 2.22. The number of carbonyl (C=O) groups excluding carboxylic acids is 2. The van der Waals surface area contributed by atoms with Crippen molar-refractivity contribution in [1.29, 1.82) is 0 Å². The van der Waals surface area contributed by atoms with Crippen LogP contribution in [-0.2, 0) is 16.1 Å². The van der Waals surface area contributed by atoms with Crippen LogP contribution in [0.4, 0.5) is 4.79 Å². The number of urea groups is 1. The molecule has 0 aliphatic heterocycles. The first kappa shape index (κ1) is 20.2. The minimum atomic E-state index is -0.888. The summed E-state index contributed by atoms with van der Waals surface area (Å²) in [7, 11) is 1.63. The molecule has 0 bridgehead atoms. The molecule has 8 nitrogen and oxygen atoms in total. The lowest BCUT2D eigenvalue weighted by molar-refractivity contribution is -0.119. The summed E-state index contributed by atoms with van der Waals surface area (Å²) in [5.74, 6) is 0.116. The van der Waals surface area contributed by atoms with Gasteiger partial charge in [-0.15, -0.1) is 10.2 Å². The molecule has 1 atom stereocenters. The van der Waals surface area contributed by atoms with E-state index < -0.39 is 17.2 Å². The van der Waals surface area contributed by atoms with Gasteiger partial charge >= 0.3 is 6.03 Å². The van der Waals surface area contributed by atoms with Gasteiger partial charge in [-0.05, 0) is 25.5 Å². The van der Waals surface area contributed by atoms with Crippen molar-refractivity contribution >= 4 is 35.3 Å². The van der Waals surface area contributed by atoms with Crippen molar-refractivity contribution in [2.75, 3.05) is 13.7 Å². The maximum absolute atomic E-state index is 11.9. The van der Waals surface area contributed by atoms with Crippen LogP contribution in [0, 0.1) is 0 Å². The number of primary amides is 1. The molecule has 2 rings (SSSR count). The zero-order chi connectivity index (χ0) is 19.1. The molecule has 140 valence electrons. The molecule has 0 aliphatic rings. The van der Waals surface area contributed by atoms with Crippen molar-refractivity contribution in [3.63, 3.8) is 0 Å². The van der Waals surface area contributed by atoms with Crippen LogP contribution in [0.15, 0.2) is 29.4 Å². The van der Waals surface area contributed by atoms with Crippen LogP contribution >= 0.6 is 23.4 Å². The number of amides is 3. The number of rotatable bonds is 8. The van der Waals surface area contributed by atoms with Gasteiger partial charge in [-0.25, -0.2) is 4.79 Å². The number of thioether (sulfide) groups is 1. The second-order valence-corrected chi connectivity index (χ2v) is 7.11. The molecule has 2 aromatic rings. The molecule has 1 aromatic carbocycles. The summed E-state index contributed by atoms with van der Waals surface area (Å²) in [6.07, 6.45) is 0.738. The predicted octanol–water partition coefficient (Wildman–Crippen LogP) is 2.31. The van der Waals surface area contributed by atoms with Crippen LogP contribution in [0.25, 0.3) is 11.4 Å². The first-order chi connectivity index (χ1) is 12.4. The zero-order valence-corrected chi connectivity index (χ0v) is 16.0. The van der Waals surface area contributed by atoms with E-state index in [2.05, 4.69) is 15.5 Å². The molecular weight excluding hydrogens is 378 g/mol. The standard InChI is InChI=1S/C16H20ClN5O3S/c1-10(14(23)19-15(18)24)26-16-21-20-13(22(16)8-5-9-25-2)11-6-3-4-7-12(11)17/h3-4,6-7,10H,5,8-9H2,1-2H3,(H3,18,19,23,24)/t10-/m1/s1. The molecule has 10 heteroatoms. The summed E-state index contributed by atoms with van der Waals surface area (Å²) in [5, 5.41) is 11.0. The third-order valence-corrected chi connectivity index (χ3v) is 4.87. The lowest BCUT2D eigenvalue weighted by Crippen LogP contribution is -2.39. The highest BCUT2D eigenvalue weighted by atomic mass is 35.5. The Balaban J connectivity index is 2.29. The van der Waals surface area contributed by atoms with E-state index >= 15 is 0 Å². The normalized spacial score (nSPS) is 12.0. The number of halogens is 1. The first-order valence-corrected chi connectivity index (χ1v) is 9.13. The van der Waals surface area contributed by atoms with Crippen molar-refractivity contribution in [2.24, 2.45) is 5.73 Å². The van der Waals surface area contributed by atoms with E-state index in [1.165, 1.54) is 11.8 Å². The second kappa shape index (κ2) is 9.56.